The standard InChI is InChI=1S/C36H38N8O5/c1-21-14-25(5-4-23(21)16-37)39-35(49)36(2,3)43-18-24(17-38-43)22-10-12-41(13-11-22)27-19-42(20-27)26-6-7-28-29(15-26)34(48)44(33(28)47)30-8-9-31(45)40-32(30)46/h4-7,14-15,17-18,22,27,30H,8-13,19-20H2,1-3H3,(H,39,49)(H,40,45,46). The van der Waals surface area contributed by atoms with Gasteiger partial charge < -0.3 is 10.2 Å². The highest BCUT2D eigenvalue weighted by atomic mass is 16.2. The maximum absolute atomic E-state index is 13.3. The molecule has 4 aliphatic rings. The number of aryl methyl sites for hydroxylation is 1. The van der Waals surface area contributed by atoms with Gasteiger partial charge in [-0.2, -0.15) is 10.4 Å². The Bertz CT molecular complexity index is 1930. The molecule has 0 bridgehead atoms. The van der Waals surface area contributed by atoms with Crippen LogP contribution in [0.4, 0.5) is 11.4 Å². The molecule has 1 atom stereocenters. The average molecular weight is 663 g/mol. The van der Waals surface area contributed by atoms with Gasteiger partial charge in [-0.3, -0.25) is 43.8 Å². The fourth-order valence-corrected chi connectivity index (χ4v) is 7.26. The van der Waals surface area contributed by atoms with Crippen molar-refractivity contribution >= 4 is 40.9 Å². The normalized spacial score (nSPS) is 20.6. The number of benzene rings is 2. The van der Waals surface area contributed by atoms with Gasteiger partial charge in [0.1, 0.15) is 11.6 Å². The zero-order valence-electron chi connectivity index (χ0n) is 27.7. The zero-order valence-corrected chi connectivity index (χ0v) is 27.7. The molecule has 4 aliphatic heterocycles. The molecule has 3 saturated heterocycles. The number of hydrogen-bond acceptors (Lipinski definition) is 9. The molecule has 1 unspecified atom stereocenters. The Morgan fingerprint density at radius 2 is 1.73 bits per heavy atom. The molecular weight excluding hydrogens is 624 g/mol. The highest BCUT2D eigenvalue weighted by Crippen LogP contribution is 2.35. The second-order valence-electron chi connectivity index (χ2n) is 13.9. The van der Waals surface area contributed by atoms with E-state index in [1.807, 2.05) is 39.2 Å². The summed E-state index contributed by atoms with van der Waals surface area (Å²) in [7, 11) is 0. The van der Waals surface area contributed by atoms with E-state index in [0.29, 0.717) is 28.8 Å². The molecule has 3 aromatic rings. The van der Waals surface area contributed by atoms with E-state index in [2.05, 4.69) is 31.6 Å². The number of nitriles is 1. The molecule has 0 saturated carbocycles. The van der Waals surface area contributed by atoms with Crippen LogP contribution in [-0.4, -0.2) is 87.4 Å². The van der Waals surface area contributed by atoms with Gasteiger partial charge in [0, 0.05) is 43.1 Å². The Labute approximate surface area is 283 Å². The van der Waals surface area contributed by atoms with Gasteiger partial charge >= 0.3 is 0 Å². The van der Waals surface area contributed by atoms with Crippen LogP contribution in [0.5, 0.6) is 0 Å². The number of rotatable bonds is 7. The van der Waals surface area contributed by atoms with Gasteiger partial charge in [-0.25, -0.2) is 0 Å². The van der Waals surface area contributed by atoms with Crippen LogP contribution in [0.15, 0.2) is 48.8 Å². The van der Waals surface area contributed by atoms with Crippen molar-refractivity contribution in [2.24, 2.45) is 0 Å². The molecule has 3 fully saturated rings. The summed E-state index contributed by atoms with van der Waals surface area (Å²) in [4.78, 5) is 69.2. The van der Waals surface area contributed by atoms with E-state index in [4.69, 9.17) is 0 Å². The molecule has 13 nitrogen and oxygen atoms in total. The third-order valence-electron chi connectivity index (χ3n) is 10.5. The third-order valence-corrected chi connectivity index (χ3v) is 10.5. The summed E-state index contributed by atoms with van der Waals surface area (Å²) in [5, 5.41) is 19.0. The van der Waals surface area contributed by atoms with Crippen LogP contribution >= 0.6 is 0 Å². The number of carbonyl (C=O) groups is 5. The lowest BCUT2D eigenvalue weighted by Crippen LogP contribution is -2.60. The van der Waals surface area contributed by atoms with Gasteiger partial charge in [0.15, 0.2) is 0 Å². The number of fused-ring (bicyclic) bond motifs is 1. The Hall–Kier alpha value is -5.35. The summed E-state index contributed by atoms with van der Waals surface area (Å²) in [5.74, 6) is -1.86. The molecule has 7 rings (SSSR count). The maximum atomic E-state index is 13.3. The number of nitrogens with zero attached hydrogens (tertiary/aromatic N) is 6. The van der Waals surface area contributed by atoms with Crippen molar-refractivity contribution in [3.63, 3.8) is 0 Å². The van der Waals surface area contributed by atoms with Crippen LogP contribution in [-0.2, 0) is 19.9 Å². The largest absolute Gasteiger partial charge is 0.368 e. The number of imide groups is 2. The molecule has 2 N–H and O–H groups in total. The van der Waals surface area contributed by atoms with E-state index in [1.165, 1.54) is 0 Å². The number of likely N-dealkylation sites (tertiary alicyclic amines) is 1. The first-order valence-corrected chi connectivity index (χ1v) is 16.7. The molecule has 252 valence electrons. The molecule has 5 amide bonds. The fourth-order valence-electron chi connectivity index (χ4n) is 7.26. The lowest BCUT2D eigenvalue weighted by atomic mass is 9.90. The van der Waals surface area contributed by atoms with Crippen LogP contribution in [0, 0.1) is 18.3 Å². The number of piperidine rings is 2. The molecule has 5 heterocycles. The molecule has 0 aliphatic carbocycles. The molecule has 0 spiro atoms. The number of aromatic nitrogens is 2. The van der Waals surface area contributed by atoms with E-state index in [0.717, 1.165) is 60.7 Å². The van der Waals surface area contributed by atoms with Crippen molar-refractivity contribution in [3.8, 4) is 6.07 Å². The number of anilines is 2. The van der Waals surface area contributed by atoms with Gasteiger partial charge in [0.2, 0.25) is 11.8 Å². The van der Waals surface area contributed by atoms with Crippen LogP contribution in [0.2, 0.25) is 0 Å². The topological polar surface area (TPSA) is 161 Å². The maximum Gasteiger partial charge on any atom is 0.262 e. The second-order valence-corrected chi connectivity index (χ2v) is 13.9. The van der Waals surface area contributed by atoms with E-state index >= 15 is 0 Å². The van der Waals surface area contributed by atoms with Crippen molar-refractivity contribution in [3.05, 3.63) is 76.6 Å². The number of amides is 5. The van der Waals surface area contributed by atoms with Gasteiger partial charge in [-0.1, -0.05) is 0 Å². The first-order valence-electron chi connectivity index (χ1n) is 16.7. The monoisotopic (exact) mass is 662 g/mol. The molecular formula is C36H38N8O5. The molecule has 0 radical (unpaired) electrons. The van der Waals surface area contributed by atoms with Gasteiger partial charge in [0.25, 0.3) is 17.7 Å². The van der Waals surface area contributed by atoms with Gasteiger partial charge in [0.05, 0.1) is 29.0 Å². The minimum atomic E-state index is -0.977. The fraction of sp³-hybridized carbons (Fsp3) is 0.417. The summed E-state index contributed by atoms with van der Waals surface area (Å²) in [6.45, 7) is 9.01. The summed E-state index contributed by atoms with van der Waals surface area (Å²) >= 11 is 0. The Morgan fingerprint density at radius 1 is 1.00 bits per heavy atom. The Balaban J connectivity index is 0.921. The first-order chi connectivity index (χ1) is 23.4. The van der Waals surface area contributed by atoms with Crippen LogP contribution in [0.25, 0.3) is 0 Å². The second kappa shape index (κ2) is 12.3. The summed E-state index contributed by atoms with van der Waals surface area (Å²) in [5.41, 5.74) is 3.66. The smallest absolute Gasteiger partial charge is 0.262 e. The summed E-state index contributed by atoms with van der Waals surface area (Å²) in [6.07, 6.45) is 6.02. The van der Waals surface area contributed by atoms with Crippen LogP contribution in [0.1, 0.15) is 82.9 Å². The third kappa shape index (κ3) is 5.76. The van der Waals surface area contributed by atoms with Gasteiger partial charge in [-0.05, 0) is 107 Å². The van der Waals surface area contributed by atoms with Gasteiger partial charge in [-0.15, -0.1) is 0 Å². The first kappa shape index (κ1) is 32.2. The predicted molar refractivity (Wildman–Crippen MR) is 179 cm³/mol. The average Bonchev–Trinajstić information content (AvgIpc) is 3.65. The minimum Gasteiger partial charge on any atom is -0.368 e. The van der Waals surface area contributed by atoms with Crippen LogP contribution < -0.4 is 15.5 Å². The SMILES string of the molecule is Cc1cc(NC(=O)C(C)(C)n2cc(C3CCN(C4CN(c5ccc6c(c5)C(=O)N(C5CCC(=O)NC5=O)C6=O)C4)CC3)cn2)ccc1C#N. The lowest BCUT2D eigenvalue weighted by Gasteiger charge is -2.48. The van der Waals surface area contributed by atoms with Crippen molar-refractivity contribution in [2.45, 2.75) is 70.0 Å². The Kier molecular flexibility index (Phi) is 8.07. The van der Waals surface area contributed by atoms with Crippen molar-refractivity contribution in [1.29, 1.82) is 5.26 Å². The molecule has 13 heteroatoms. The summed E-state index contributed by atoms with van der Waals surface area (Å²) < 4.78 is 1.73. The van der Waals surface area contributed by atoms with Crippen molar-refractivity contribution in [1.82, 2.24) is 24.9 Å². The van der Waals surface area contributed by atoms with Crippen molar-refractivity contribution < 1.29 is 24.0 Å². The molecule has 1 aromatic heterocycles. The van der Waals surface area contributed by atoms with E-state index in [-0.39, 0.29) is 24.3 Å². The van der Waals surface area contributed by atoms with Crippen LogP contribution in [0.3, 0.4) is 0 Å². The van der Waals surface area contributed by atoms with E-state index in [9.17, 15) is 29.2 Å². The quantitative estimate of drug-likeness (QED) is 0.363. The van der Waals surface area contributed by atoms with E-state index in [1.54, 1.807) is 35.0 Å². The highest BCUT2D eigenvalue weighted by molar-refractivity contribution is 6.23. The Morgan fingerprint density at radius 3 is 2.43 bits per heavy atom. The lowest BCUT2D eigenvalue weighted by molar-refractivity contribution is -0.136. The summed E-state index contributed by atoms with van der Waals surface area (Å²) in [6, 6.07) is 12.0. The molecule has 49 heavy (non-hydrogen) atoms. The van der Waals surface area contributed by atoms with E-state index < -0.39 is 35.2 Å². The number of carbonyl (C=O) groups excluding carboxylic acids is 5. The molecule has 2 aromatic carbocycles. The minimum absolute atomic E-state index is 0.0871. The zero-order chi connectivity index (χ0) is 34.6. The number of nitrogens with one attached hydrogen (secondary N) is 2. The number of hydrogen-bond donors (Lipinski definition) is 2. The van der Waals surface area contributed by atoms with Crippen molar-refractivity contribution in [2.75, 3.05) is 36.4 Å². The predicted octanol–water partition coefficient (Wildman–Crippen LogP) is 2.91. The highest BCUT2D eigenvalue weighted by Gasteiger charge is 2.45.